The predicted octanol–water partition coefficient (Wildman–Crippen LogP) is 1.46. The molecule has 4 amide bonds. The molecule has 1 aromatic rings. The molecule has 0 bridgehead atoms. The first kappa shape index (κ1) is 16.8. The predicted molar refractivity (Wildman–Crippen MR) is 88.3 cm³/mol. The SMILES string of the molecule is CC(=O)N(C)c1ccc(NC(C)C(=O)NC(=O)NC2CC2)cc1. The van der Waals surface area contributed by atoms with Gasteiger partial charge in [0.1, 0.15) is 6.04 Å². The van der Waals surface area contributed by atoms with Crippen LogP contribution in [-0.4, -0.2) is 37.0 Å². The molecule has 0 aromatic heterocycles. The monoisotopic (exact) mass is 318 g/mol. The molecule has 0 saturated heterocycles. The van der Waals surface area contributed by atoms with Gasteiger partial charge in [-0.2, -0.15) is 0 Å². The van der Waals surface area contributed by atoms with Crippen LogP contribution in [0.25, 0.3) is 0 Å². The summed E-state index contributed by atoms with van der Waals surface area (Å²) in [5.41, 5.74) is 1.50. The first-order valence-electron chi connectivity index (χ1n) is 7.59. The average Bonchev–Trinajstić information content (AvgIpc) is 3.30. The van der Waals surface area contributed by atoms with E-state index >= 15 is 0 Å². The van der Waals surface area contributed by atoms with Crippen molar-refractivity contribution in [1.82, 2.24) is 10.6 Å². The second kappa shape index (κ2) is 7.13. The average molecular weight is 318 g/mol. The standard InChI is InChI=1S/C16H22N4O3/c1-10(15(22)19-16(23)18-13-4-5-13)17-12-6-8-14(9-7-12)20(3)11(2)21/h6-10,13,17H,4-5H2,1-3H3,(H2,18,19,22,23). The minimum Gasteiger partial charge on any atom is -0.374 e. The van der Waals surface area contributed by atoms with Crippen LogP contribution in [0.4, 0.5) is 16.2 Å². The fourth-order valence-corrected chi connectivity index (χ4v) is 1.95. The number of hydrogen-bond acceptors (Lipinski definition) is 4. The summed E-state index contributed by atoms with van der Waals surface area (Å²) in [4.78, 5) is 36.3. The van der Waals surface area contributed by atoms with Gasteiger partial charge in [-0.05, 0) is 44.0 Å². The molecule has 1 unspecified atom stereocenters. The summed E-state index contributed by atoms with van der Waals surface area (Å²) >= 11 is 0. The number of benzene rings is 1. The van der Waals surface area contributed by atoms with Gasteiger partial charge in [0.25, 0.3) is 0 Å². The molecule has 1 fully saturated rings. The maximum Gasteiger partial charge on any atom is 0.321 e. The number of hydrogen-bond donors (Lipinski definition) is 3. The number of anilines is 2. The highest BCUT2D eigenvalue weighted by Gasteiger charge is 2.24. The third-order valence-corrected chi connectivity index (χ3v) is 3.65. The molecular formula is C16H22N4O3. The highest BCUT2D eigenvalue weighted by molar-refractivity contribution is 5.98. The second-order valence-electron chi connectivity index (χ2n) is 5.73. The van der Waals surface area contributed by atoms with E-state index in [-0.39, 0.29) is 11.9 Å². The quantitative estimate of drug-likeness (QED) is 0.766. The minimum absolute atomic E-state index is 0.0554. The second-order valence-corrected chi connectivity index (χ2v) is 5.73. The van der Waals surface area contributed by atoms with Crippen molar-refractivity contribution < 1.29 is 14.4 Å². The van der Waals surface area contributed by atoms with E-state index in [1.54, 1.807) is 38.2 Å². The minimum atomic E-state index is -0.559. The molecule has 2 rings (SSSR count). The maximum atomic E-state index is 11.9. The van der Waals surface area contributed by atoms with Crippen LogP contribution >= 0.6 is 0 Å². The molecule has 7 heteroatoms. The van der Waals surface area contributed by atoms with E-state index in [4.69, 9.17) is 0 Å². The first-order valence-corrected chi connectivity index (χ1v) is 7.59. The van der Waals surface area contributed by atoms with Crippen molar-refractivity contribution >= 4 is 29.2 Å². The third-order valence-electron chi connectivity index (χ3n) is 3.65. The Morgan fingerprint density at radius 1 is 1.17 bits per heavy atom. The number of carbonyl (C=O) groups is 3. The Labute approximate surface area is 135 Å². The number of nitrogens with one attached hydrogen (secondary N) is 3. The Kier molecular flexibility index (Phi) is 5.20. The normalized spacial score (nSPS) is 14.6. The number of urea groups is 1. The molecule has 1 aromatic carbocycles. The Morgan fingerprint density at radius 2 is 1.78 bits per heavy atom. The van der Waals surface area contributed by atoms with Gasteiger partial charge in [0.05, 0.1) is 0 Å². The van der Waals surface area contributed by atoms with Crippen LogP contribution in [0.5, 0.6) is 0 Å². The number of imide groups is 1. The van der Waals surface area contributed by atoms with Gasteiger partial charge in [-0.15, -0.1) is 0 Å². The summed E-state index contributed by atoms with van der Waals surface area (Å²) in [6.07, 6.45) is 1.94. The van der Waals surface area contributed by atoms with E-state index in [0.717, 1.165) is 24.2 Å². The zero-order valence-corrected chi connectivity index (χ0v) is 13.6. The Bertz CT molecular complexity index is 596. The zero-order chi connectivity index (χ0) is 17.0. The number of carbonyl (C=O) groups excluding carboxylic acids is 3. The summed E-state index contributed by atoms with van der Waals surface area (Å²) < 4.78 is 0. The van der Waals surface area contributed by atoms with Crippen molar-refractivity contribution in [2.75, 3.05) is 17.3 Å². The van der Waals surface area contributed by atoms with E-state index in [1.807, 2.05) is 0 Å². The van der Waals surface area contributed by atoms with Gasteiger partial charge in [0.2, 0.25) is 11.8 Å². The first-order chi connectivity index (χ1) is 10.9. The molecule has 0 heterocycles. The van der Waals surface area contributed by atoms with Gasteiger partial charge in [0, 0.05) is 31.4 Å². The van der Waals surface area contributed by atoms with Crippen LogP contribution in [-0.2, 0) is 9.59 Å². The van der Waals surface area contributed by atoms with Crippen molar-refractivity contribution in [2.45, 2.75) is 38.8 Å². The molecule has 124 valence electrons. The van der Waals surface area contributed by atoms with Crippen molar-refractivity contribution in [2.24, 2.45) is 0 Å². The molecule has 23 heavy (non-hydrogen) atoms. The summed E-state index contributed by atoms with van der Waals surface area (Å²) in [5.74, 6) is -0.451. The molecule has 1 saturated carbocycles. The van der Waals surface area contributed by atoms with Crippen LogP contribution in [0, 0.1) is 0 Å². The summed E-state index contributed by atoms with van der Waals surface area (Å²) in [7, 11) is 1.69. The smallest absolute Gasteiger partial charge is 0.321 e. The lowest BCUT2D eigenvalue weighted by Crippen LogP contribution is -2.46. The van der Waals surface area contributed by atoms with Gasteiger partial charge < -0.3 is 15.5 Å². The molecule has 0 spiro atoms. The number of rotatable bonds is 5. The summed E-state index contributed by atoms with van der Waals surface area (Å²) in [6.45, 7) is 3.17. The molecule has 0 radical (unpaired) electrons. The van der Waals surface area contributed by atoms with Gasteiger partial charge >= 0.3 is 6.03 Å². The number of amides is 4. The molecule has 1 aliphatic carbocycles. The Hall–Kier alpha value is -2.57. The topological polar surface area (TPSA) is 90.5 Å². The molecule has 1 atom stereocenters. The van der Waals surface area contributed by atoms with Crippen molar-refractivity contribution in [3.05, 3.63) is 24.3 Å². The maximum absolute atomic E-state index is 11.9. The van der Waals surface area contributed by atoms with Crippen molar-refractivity contribution in [1.29, 1.82) is 0 Å². The van der Waals surface area contributed by atoms with Crippen LogP contribution in [0.1, 0.15) is 26.7 Å². The van der Waals surface area contributed by atoms with Crippen LogP contribution in [0.3, 0.4) is 0 Å². The zero-order valence-electron chi connectivity index (χ0n) is 13.6. The summed E-state index contributed by atoms with van der Waals surface area (Å²) in [6, 6.07) is 6.33. The van der Waals surface area contributed by atoms with Crippen LogP contribution < -0.4 is 20.9 Å². The van der Waals surface area contributed by atoms with E-state index in [9.17, 15) is 14.4 Å². The fraction of sp³-hybridized carbons (Fsp3) is 0.438. The Balaban J connectivity index is 1.86. The lowest BCUT2D eigenvalue weighted by molar-refractivity contribution is -0.120. The molecule has 7 nitrogen and oxygen atoms in total. The molecule has 1 aliphatic rings. The lowest BCUT2D eigenvalue weighted by atomic mass is 10.2. The highest BCUT2D eigenvalue weighted by atomic mass is 16.2. The van der Waals surface area contributed by atoms with Gasteiger partial charge in [-0.25, -0.2) is 4.79 Å². The molecule has 3 N–H and O–H groups in total. The van der Waals surface area contributed by atoms with Crippen molar-refractivity contribution in [3.8, 4) is 0 Å². The third kappa shape index (κ3) is 4.98. The highest BCUT2D eigenvalue weighted by Crippen LogP contribution is 2.18. The Morgan fingerprint density at radius 3 is 2.30 bits per heavy atom. The van der Waals surface area contributed by atoms with Gasteiger partial charge in [-0.3, -0.25) is 14.9 Å². The van der Waals surface area contributed by atoms with Gasteiger partial charge in [0.15, 0.2) is 0 Å². The molecule has 0 aliphatic heterocycles. The van der Waals surface area contributed by atoms with Crippen LogP contribution in [0.2, 0.25) is 0 Å². The summed E-state index contributed by atoms with van der Waals surface area (Å²) in [5, 5.41) is 8.03. The van der Waals surface area contributed by atoms with E-state index < -0.39 is 18.0 Å². The lowest BCUT2D eigenvalue weighted by Gasteiger charge is -2.17. The fourth-order valence-electron chi connectivity index (χ4n) is 1.95. The van der Waals surface area contributed by atoms with E-state index in [1.165, 1.54) is 11.8 Å². The van der Waals surface area contributed by atoms with E-state index in [0.29, 0.717) is 0 Å². The molecular weight excluding hydrogens is 296 g/mol. The van der Waals surface area contributed by atoms with E-state index in [2.05, 4.69) is 16.0 Å². The van der Waals surface area contributed by atoms with Crippen LogP contribution in [0.15, 0.2) is 24.3 Å². The van der Waals surface area contributed by atoms with Crippen molar-refractivity contribution in [3.63, 3.8) is 0 Å². The van der Waals surface area contributed by atoms with Gasteiger partial charge in [-0.1, -0.05) is 0 Å². The number of nitrogens with zero attached hydrogens (tertiary/aromatic N) is 1. The largest absolute Gasteiger partial charge is 0.374 e.